The van der Waals surface area contributed by atoms with Gasteiger partial charge in [-0.15, -0.1) is 0 Å². The zero-order valence-corrected chi connectivity index (χ0v) is 23.3. The molecule has 3 fully saturated rings. The number of hydrogen-bond donors (Lipinski definition) is 4. The minimum absolute atomic E-state index is 0.0834. The van der Waals surface area contributed by atoms with Crippen molar-refractivity contribution in [1.29, 1.82) is 0 Å². The lowest BCUT2D eigenvalue weighted by molar-refractivity contribution is -0.142. The monoisotopic (exact) mass is 531 g/mol. The van der Waals surface area contributed by atoms with Gasteiger partial charge in [-0.1, -0.05) is 37.9 Å². The van der Waals surface area contributed by atoms with Crippen LogP contribution in [0.2, 0.25) is 0 Å². The number of oxime groups is 1. The van der Waals surface area contributed by atoms with Crippen molar-refractivity contribution in [2.75, 3.05) is 6.61 Å². The standard InChI is InChI=1S/C29H45N3O6/c1-5-6-23(27(36)37)31-26(35)17(2)30-25(34)16-38-32-19-11-13-28(3)18(15-19)7-8-20-21-9-10-24(33)29(21,4)14-12-22(20)28/h15,17,20-24,33H,5-14,16H2,1-4H3,(H,30,34)(H,31,35)(H,36,37)/b32-19+/t17-,20+,21+,22+,23+,24-,28+,29+/m1/s1. The number of nitrogens with one attached hydrogen (secondary N) is 2. The number of aliphatic hydroxyl groups excluding tert-OH is 1. The first-order valence-corrected chi connectivity index (χ1v) is 14.4. The highest BCUT2D eigenvalue weighted by atomic mass is 16.6. The van der Waals surface area contributed by atoms with Gasteiger partial charge in [0.2, 0.25) is 5.91 Å². The fourth-order valence-corrected chi connectivity index (χ4v) is 7.98. The average molecular weight is 532 g/mol. The molecule has 9 heteroatoms. The van der Waals surface area contributed by atoms with Crippen molar-refractivity contribution in [1.82, 2.24) is 10.6 Å². The smallest absolute Gasteiger partial charge is 0.326 e. The molecule has 0 unspecified atom stereocenters. The van der Waals surface area contributed by atoms with Crippen LogP contribution in [0.4, 0.5) is 0 Å². The Morgan fingerprint density at radius 2 is 1.87 bits per heavy atom. The highest BCUT2D eigenvalue weighted by Gasteiger charge is 2.58. The van der Waals surface area contributed by atoms with Crippen LogP contribution < -0.4 is 10.6 Å². The van der Waals surface area contributed by atoms with E-state index in [4.69, 9.17) is 4.84 Å². The van der Waals surface area contributed by atoms with Gasteiger partial charge in [0.15, 0.2) is 6.61 Å². The number of nitrogens with zero attached hydrogens (tertiary/aromatic N) is 1. The molecule has 38 heavy (non-hydrogen) atoms. The van der Waals surface area contributed by atoms with Crippen LogP contribution in [-0.2, 0) is 19.2 Å². The van der Waals surface area contributed by atoms with Gasteiger partial charge in [-0.25, -0.2) is 4.79 Å². The SMILES string of the molecule is CCC[C@H](NC(=O)[C@@H](C)NC(=O)CO/N=C1/C=C2CC[C@H]3[C@@H]4CC[C@@H](O)[C@@]4(C)CC[C@@H]3[C@@]2(C)CC1)C(=O)O. The van der Waals surface area contributed by atoms with Crippen molar-refractivity contribution in [2.24, 2.45) is 33.7 Å². The van der Waals surface area contributed by atoms with E-state index in [0.717, 1.165) is 50.7 Å². The zero-order valence-electron chi connectivity index (χ0n) is 23.3. The van der Waals surface area contributed by atoms with Gasteiger partial charge in [0.1, 0.15) is 12.1 Å². The number of aliphatic carboxylic acids is 1. The summed E-state index contributed by atoms with van der Waals surface area (Å²) in [5.74, 6) is -0.186. The van der Waals surface area contributed by atoms with Gasteiger partial charge in [-0.05, 0) is 99.4 Å². The highest BCUT2D eigenvalue weighted by molar-refractivity contribution is 5.96. The van der Waals surface area contributed by atoms with E-state index in [9.17, 15) is 24.6 Å². The molecule has 0 aliphatic heterocycles. The quantitative estimate of drug-likeness (QED) is 0.336. The maximum absolute atomic E-state index is 12.3. The van der Waals surface area contributed by atoms with Crippen molar-refractivity contribution in [3.63, 3.8) is 0 Å². The number of allylic oxidation sites excluding steroid dienone is 2. The Bertz CT molecular complexity index is 995. The molecule has 0 heterocycles. The zero-order chi connectivity index (χ0) is 27.7. The van der Waals surface area contributed by atoms with E-state index in [2.05, 4.69) is 35.7 Å². The number of aliphatic hydroxyl groups is 1. The molecule has 9 nitrogen and oxygen atoms in total. The minimum Gasteiger partial charge on any atom is -0.480 e. The molecule has 2 amide bonds. The van der Waals surface area contributed by atoms with Gasteiger partial charge in [-0.3, -0.25) is 9.59 Å². The van der Waals surface area contributed by atoms with Crippen molar-refractivity contribution in [3.05, 3.63) is 11.6 Å². The van der Waals surface area contributed by atoms with Crippen molar-refractivity contribution >= 4 is 23.5 Å². The van der Waals surface area contributed by atoms with Crippen LogP contribution in [0.25, 0.3) is 0 Å². The maximum atomic E-state index is 12.3. The summed E-state index contributed by atoms with van der Waals surface area (Å²) in [6.45, 7) is 7.76. The fourth-order valence-electron chi connectivity index (χ4n) is 7.98. The highest BCUT2D eigenvalue weighted by Crippen LogP contribution is 2.65. The summed E-state index contributed by atoms with van der Waals surface area (Å²) in [4.78, 5) is 41.2. The van der Waals surface area contributed by atoms with Crippen LogP contribution in [-0.4, -0.2) is 58.5 Å². The van der Waals surface area contributed by atoms with Crippen LogP contribution >= 0.6 is 0 Å². The molecule has 0 radical (unpaired) electrons. The van der Waals surface area contributed by atoms with Crippen molar-refractivity contribution in [2.45, 2.75) is 110 Å². The lowest BCUT2D eigenvalue weighted by Crippen LogP contribution is -2.51. The average Bonchev–Trinajstić information content (AvgIpc) is 3.18. The predicted molar refractivity (Wildman–Crippen MR) is 143 cm³/mol. The molecule has 8 atom stereocenters. The fraction of sp³-hybridized carbons (Fsp3) is 0.793. The van der Waals surface area contributed by atoms with Crippen molar-refractivity contribution < 1.29 is 29.4 Å². The van der Waals surface area contributed by atoms with Gasteiger partial charge in [-0.2, -0.15) is 0 Å². The van der Waals surface area contributed by atoms with Gasteiger partial charge < -0.3 is 25.7 Å². The van der Waals surface area contributed by atoms with Gasteiger partial charge in [0, 0.05) is 0 Å². The third kappa shape index (κ3) is 5.49. The molecule has 212 valence electrons. The molecular formula is C29H45N3O6. The molecule has 0 spiro atoms. The molecule has 0 aromatic heterocycles. The lowest BCUT2D eigenvalue weighted by atomic mass is 9.47. The summed E-state index contributed by atoms with van der Waals surface area (Å²) >= 11 is 0. The summed E-state index contributed by atoms with van der Waals surface area (Å²) in [5, 5.41) is 29.1. The van der Waals surface area contributed by atoms with E-state index in [0.29, 0.717) is 30.6 Å². The van der Waals surface area contributed by atoms with E-state index in [1.165, 1.54) is 18.9 Å². The second-order valence-corrected chi connectivity index (χ2v) is 12.5. The maximum Gasteiger partial charge on any atom is 0.326 e. The van der Waals surface area contributed by atoms with Crippen LogP contribution in [0.3, 0.4) is 0 Å². The topological polar surface area (TPSA) is 137 Å². The molecular weight excluding hydrogens is 486 g/mol. The number of fused-ring (bicyclic) bond motifs is 5. The third-order valence-electron chi connectivity index (χ3n) is 10.3. The minimum atomic E-state index is -1.09. The van der Waals surface area contributed by atoms with E-state index < -0.39 is 29.9 Å². The summed E-state index contributed by atoms with van der Waals surface area (Å²) in [6, 6.07) is -1.86. The molecule has 4 aliphatic rings. The van der Waals surface area contributed by atoms with Crippen molar-refractivity contribution in [3.8, 4) is 0 Å². The van der Waals surface area contributed by atoms with Gasteiger partial charge in [0.25, 0.3) is 5.91 Å². The Labute approximate surface area is 225 Å². The normalized spacial score (nSPS) is 36.7. The number of carboxylic acids is 1. The molecule has 0 saturated heterocycles. The first-order valence-electron chi connectivity index (χ1n) is 14.4. The predicted octanol–water partition coefficient (Wildman–Crippen LogP) is 3.56. The first-order chi connectivity index (χ1) is 18.0. The Morgan fingerprint density at radius 1 is 1.11 bits per heavy atom. The number of amides is 2. The summed E-state index contributed by atoms with van der Waals surface area (Å²) in [6.07, 6.45) is 11.3. The Morgan fingerprint density at radius 3 is 2.58 bits per heavy atom. The number of carbonyl (C=O) groups excluding carboxylic acids is 2. The van der Waals surface area contributed by atoms with E-state index >= 15 is 0 Å². The number of carboxylic acid groups (broad SMARTS) is 1. The number of hydrogen-bond acceptors (Lipinski definition) is 6. The number of rotatable bonds is 9. The Hall–Kier alpha value is -2.42. The number of carbonyl (C=O) groups is 3. The molecule has 4 N–H and O–H groups in total. The molecule has 0 bridgehead atoms. The largest absolute Gasteiger partial charge is 0.480 e. The Kier molecular flexibility index (Phi) is 8.55. The van der Waals surface area contributed by atoms with Crippen LogP contribution in [0, 0.1) is 28.6 Å². The van der Waals surface area contributed by atoms with E-state index in [1.807, 2.05) is 6.92 Å². The molecule has 0 aromatic rings. The molecule has 4 aliphatic carbocycles. The van der Waals surface area contributed by atoms with E-state index in [-0.39, 0.29) is 23.5 Å². The van der Waals surface area contributed by atoms with Gasteiger partial charge in [0.05, 0.1) is 11.8 Å². The van der Waals surface area contributed by atoms with E-state index in [1.54, 1.807) is 0 Å². The molecule has 0 aromatic carbocycles. The third-order valence-corrected chi connectivity index (χ3v) is 10.3. The molecule has 4 rings (SSSR count). The first kappa shape index (κ1) is 28.6. The second kappa shape index (κ2) is 11.4. The van der Waals surface area contributed by atoms with Gasteiger partial charge >= 0.3 is 5.97 Å². The molecule has 3 saturated carbocycles. The summed E-state index contributed by atoms with van der Waals surface area (Å²) in [7, 11) is 0. The van der Waals surface area contributed by atoms with Crippen LogP contribution in [0.5, 0.6) is 0 Å². The summed E-state index contributed by atoms with van der Waals surface area (Å²) in [5.41, 5.74) is 2.52. The second-order valence-electron chi connectivity index (χ2n) is 12.5. The summed E-state index contributed by atoms with van der Waals surface area (Å²) < 4.78 is 0. The van der Waals surface area contributed by atoms with Crippen LogP contribution in [0.1, 0.15) is 91.9 Å². The Balaban J connectivity index is 1.30. The lowest BCUT2D eigenvalue weighted by Gasteiger charge is -2.57. The van der Waals surface area contributed by atoms with Crippen LogP contribution in [0.15, 0.2) is 16.8 Å².